The molecule has 1 aromatic carbocycles. The maximum absolute atomic E-state index is 11.1. The number of amides is 1. The summed E-state index contributed by atoms with van der Waals surface area (Å²) in [5.41, 5.74) is 6.73. The van der Waals surface area contributed by atoms with Gasteiger partial charge in [0.1, 0.15) is 0 Å². The van der Waals surface area contributed by atoms with Crippen LogP contribution in [0.2, 0.25) is 0 Å². The van der Waals surface area contributed by atoms with Gasteiger partial charge in [-0.05, 0) is 42.9 Å². The number of nitrogens with two attached hydrogens (primary N) is 1. The van der Waals surface area contributed by atoms with Crippen LogP contribution in [0.3, 0.4) is 0 Å². The minimum Gasteiger partial charge on any atom is -0.481 e. The second kappa shape index (κ2) is 4.57. The van der Waals surface area contributed by atoms with Crippen molar-refractivity contribution in [3.05, 3.63) is 35.4 Å². The van der Waals surface area contributed by atoms with Gasteiger partial charge in [-0.2, -0.15) is 0 Å². The van der Waals surface area contributed by atoms with Gasteiger partial charge in [0.25, 0.3) is 0 Å². The molecule has 0 aliphatic heterocycles. The van der Waals surface area contributed by atoms with Crippen LogP contribution < -0.4 is 5.73 Å². The highest BCUT2D eigenvalue weighted by atomic mass is 16.4. The smallest absolute Gasteiger partial charge is 0.306 e. The number of rotatable bonds is 3. The average Bonchev–Trinajstić information content (AvgIpc) is 2.78. The first-order valence-electron chi connectivity index (χ1n) is 5.70. The molecule has 1 aliphatic carbocycles. The lowest BCUT2D eigenvalue weighted by Gasteiger charge is -2.10. The van der Waals surface area contributed by atoms with Crippen molar-refractivity contribution in [1.29, 1.82) is 0 Å². The van der Waals surface area contributed by atoms with Crippen molar-refractivity contribution in [2.45, 2.75) is 25.2 Å². The summed E-state index contributed by atoms with van der Waals surface area (Å²) in [5, 5.41) is 8.95. The van der Waals surface area contributed by atoms with E-state index in [9.17, 15) is 9.59 Å². The number of aliphatic carboxylic acids is 1. The standard InChI is InChI=1S/C13H15NO3/c14-12(15)10-3-1-2-8(6-10)9-4-5-11(7-9)13(16)17/h1-3,6,9,11H,4-5,7H2,(H2,14,15)(H,16,17)/t9-,11+/m0/s1. The van der Waals surface area contributed by atoms with E-state index in [4.69, 9.17) is 10.8 Å². The van der Waals surface area contributed by atoms with Gasteiger partial charge in [0.2, 0.25) is 5.91 Å². The van der Waals surface area contributed by atoms with E-state index in [1.165, 1.54) is 0 Å². The maximum atomic E-state index is 11.1. The molecule has 90 valence electrons. The first-order chi connectivity index (χ1) is 8.08. The van der Waals surface area contributed by atoms with Gasteiger partial charge >= 0.3 is 5.97 Å². The van der Waals surface area contributed by atoms with Gasteiger partial charge < -0.3 is 10.8 Å². The molecule has 1 amide bonds. The third-order valence-corrected chi connectivity index (χ3v) is 3.42. The van der Waals surface area contributed by atoms with Crippen LogP contribution in [-0.4, -0.2) is 17.0 Å². The molecule has 0 spiro atoms. The van der Waals surface area contributed by atoms with Gasteiger partial charge in [-0.25, -0.2) is 0 Å². The monoisotopic (exact) mass is 233 g/mol. The molecular formula is C13H15NO3. The molecule has 4 heteroatoms. The fraction of sp³-hybridized carbons (Fsp3) is 0.385. The molecule has 1 fully saturated rings. The Balaban J connectivity index is 2.16. The van der Waals surface area contributed by atoms with Gasteiger partial charge in [0, 0.05) is 5.56 Å². The zero-order valence-corrected chi connectivity index (χ0v) is 9.43. The van der Waals surface area contributed by atoms with Crippen molar-refractivity contribution in [1.82, 2.24) is 0 Å². The molecule has 1 aromatic rings. The molecule has 0 radical (unpaired) electrons. The predicted octanol–water partition coefficient (Wildman–Crippen LogP) is 1.75. The third-order valence-electron chi connectivity index (χ3n) is 3.42. The molecule has 3 N–H and O–H groups in total. The van der Waals surface area contributed by atoms with Gasteiger partial charge in [-0.3, -0.25) is 9.59 Å². The van der Waals surface area contributed by atoms with E-state index >= 15 is 0 Å². The summed E-state index contributed by atoms with van der Waals surface area (Å²) in [7, 11) is 0. The fourth-order valence-corrected chi connectivity index (χ4v) is 2.45. The Hall–Kier alpha value is -1.84. The van der Waals surface area contributed by atoms with Crippen LogP contribution in [-0.2, 0) is 4.79 Å². The van der Waals surface area contributed by atoms with Crippen LogP contribution in [0.1, 0.15) is 41.1 Å². The lowest BCUT2D eigenvalue weighted by Crippen LogP contribution is -2.12. The van der Waals surface area contributed by atoms with E-state index in [0.717, 1.165) is 12.0 Å². The summed E-state index contributed by atoms with van der Waals surface area (Å²) in [6.07, 6.45) is 2.22. The average molecular weight is 233 g/mol. The summed E-state index contributed by atoms with van der Waals surface area (Å²) >= 11 is 0. The van der Waals surface area contributed by atoms with Crippen LogP contribution in [0.5, 0.6) is 0 Å². The van der Waals surface area contributed by atoms with Crippen LogP contribution in [0.25, 0.3) is 0 Å². The first-order valence-corrected chi connectivity index (χ1v) is 5.70. The third kappa shape index (κ3) is 2.46. The van der Waals surface area contributed by atoms with Crippen molar-refractivity contribution in [3.63, 3.8) is 0 Å². The van der Waals surface area contributed by atoms with Crippen molar-refractivity contribution in [2.75, 3.05) is 0 Å². The molecule has 1 aliphatic rings. The number of carboxylic acids is 1. The van der Waals surface area contributed by atoms with Crippen molar-refractivity contribution in [2.24, 2.45) is 11.7 Å². The van der Waals surface area contributed by atoms with Crippen molar-refractivity contribution >= 4 is 11.9 Å². The molecule has 1 saturated carbocycles. The number of hydrogen-bond donors (Lipinski definition) is 2. The summed E-state index contributed by atoms with van der Waals surface area (Å²) < 4.78 is 0. The molecule has 4 nitrogen and oxygen atoms in total. The summed E-state index contributed by atoms with van der Waals surface area (Å²) in [6.45, 7) is 0. The van der Waals surface area contributed by atoms with E-state index in [-0.39, 0.29) is 11.8 Å². The van der Waals surface area contributed by atoms with E-state index in [1.807, 2.05) is 6.07 Å². The number of carbonyl (C=O) groups excluding carboxylic acids is 1. The minimum absolute atomic E-state index is 0.232. The van der Waals surface area contributed by atoms with Gasteiger partial charge in [0.15, 0.2) is 0 Å². The number of benzene rings is 1. The molecule has 2 atom stereocenters. The van der Waals surface area contributed by atoms with E-state index in [0.29, 0.717) is 18.4 Å². The Morgan fingerprint density at radius 3 is 2.65 bits per heavy atom. The first kappa shape index (κ1) is 11.6. The van der Waals surface area contributed by atoms with Crippen molar-refractivity contribution in [3.8, 4) is 0 Å². The van der Waals surface area contributed by atoms with Crippen LogP contribution in [0.4, 0.5) is 0 Å². The molecule has 0 bridgehead atoms. The summed E-state index contributed by atoms with van der Waals surface area (Å²) in [5.74, 6) is -1.19. The van der Waals surface area contributed by atoms with Gasteiger partial charge in [-0.1, -0.05) is 12.1 Å². The number of hydrogen-bond acceptors (Lipinski definition) is 2. The summed E-state index contributed by atoms with van der Waals surface area (Å²) in [6, 6.07) is 7.18. The number of carbonyl (C=O) groups is 2. The highest BCUT2D eigenvalue weighted by Gasteiger charge is 2.30. The number of primary amides is 1. The normalized spacial score (nSPS) is 23.5. The molecule has 17 heavy (non-hydrogen) atoms. The quantitative estimate of drug-likeness (QED) is 0.834. The highest BCUT2D eigenvalue weighted by Crippen LogP contribution is 2.38. The van der Waals surface area contributed by atoms with E-state index in [2.05, 4.69) is 0 Å². The largest absolute Gasteiger partial charge is 0.481 e. The van der Waals surface area contributed by atoms with Gasteiger partial charge in [-0.15, -0.1) is 0 Å². The Morgan fingerprint density at radius 2 is 2.06 bits per heavy atom. The fourth-order valence-electron chi connectivity index (χ4n) is 2.45. The van der Waals surface area contributed by atoms with Gasteiger partial charge in [0.05, 0.1) is 5.92 Å². The molecule has 0 saturated heterocycles. The van der Waals surface area contributed by atoms with Crippen LogP contribution >= 0.6 is 0 Å². The lowest BCUT2D eigenvalue weighted by molar-refractivity contribution is -0.141. The SMILES string of the molecule is NC(=O)c1cccc([C@H]2CC[C@@H](C(=O)O)C2)c1. The van der Waals surface area contributed by atoms with Crippen LogP contribution in [0.15, 0.2) is 24.3 Å². The number of carboxylic acid groups (broad SMARTS) is 1. The lowest BCUT2D eigenvalue weighted by atomic mass is 9.95. The second-order valence-corrected chi connectivity index (χ2v) is 4.53. The molecule has 0 heterocycles. The van der Waals surface area contributed by atoms with Crippen LogP contribution in [0, 0.1) is 5.92 Å². The zero-order valence-electron chi connectivity index (χ0n) is 9.43. The zero-order chi connectivity index (χ0) is 12.4. The Morgan fingerprint density at radius 1 is 1.29 bits per heavy atom. The van der Waals surface area contributed by atoms with E-state index < -0.39 is 11.9 Å². The molecule has 2 rings (SSSR count). The van der Waals surface area contributed by atoms with Crippen molar-refractivity contribution < 1.29 is 14.7 Å². The Kier molecular flexibility index (Phi) is 3.13. The molecular weight excluding hydrogens is 218 g/mol. The highest BCUT2D eigenvalue weighted by molar-refractivity contribution is 5.92. The minimum atomic E-state index is -0.724. The predicted molar refractivity (Wildman–Crippen MR) is 62.7 cm³/mol. The Labute approximate surface area is 99.4 Å². The second-order valence-electron chi connectivity index (χ2n) is 4.53. The van der Waals surface area contributed by atoms with E-state index in [1.54, 1.807) is 18.2 Å². The Bertz CT molecular complexity index is 456. The molecule has 0 aromatic heterocycles. The molecule has 0 unspecified atom stereocenters. The topological polar surface area (TPSA) is 80.4 Å². The summed E-state index contributed by atoms with van der Waals surface area (Å²) in [4.78, 5) is 21.9. The maximum Gasteiger partial charge on any atom is 0.306 e.